The smallest absolute Gasteiger partial charge is 0.330 e. The van der Waals surface area contributed by atoms with Gasteiger partial charge in [-0.3, -0.25) is 0 Å². The van der Waals surface area contributed by atoms with Gasteiger partial charge in [0.15, 0.2) is 0 Å². The summed E-state index contributed by atoms with van der Waals surface area (Å²) in [5, 5.41) is 7.89. The van der Waals surface area contributed by atoms with Crippen molar-refractivity contribution in [3.8, 4) is 0 Å². The zero-order valence-electron chi connectivity index (χ0n) is 5.14. The van der Waals surface area contributed by atoms with Crippen LogP contribution in [0.5, 0.6) is 0 Å². The Morgan fingerprint density at radius 3 is 1.75 bits per heavy atom. The molecular weight excluding hydrogens is 181 g/mol. The molecule has 0 atom stereocenters. The number of hydrogen-bond acceptors (Lipinski definition) is 1. The standard InChI is InChI=1S/C4H6O2.CH3.Y/c1-3(2)4(5)6;;/h1H2,2H3,(H,5,6);1H3;/q;-1;. The Labute approximate surface area is 74.9 Å². The second-order valence-corrected chi connectivity index (χ2v) is 1.09. The van der Waals surface area contributed by atoms with E-state index in [1.807, 2.05) is 0 Å². The Morgan fingerprint density at radius 2 is 1.75 bits per heavy atom. The maximum absolute atomic E-state index is 9.60. The molecule has 2 nitrogen and oxygen atoms in total. The van der Waals surface area contributed by atoms with Gasteiger partial charge in [0, 0.05) is 38.3 Å². The number of hydrogen-bond donors (Lipinski definition) is 1. The van der Waals surface area contributed by atoms with Gasteiger partial charge in [-0.05, 0) is 6.92 Å². The first-order valence-electron chi connectivity index (χ1n) is 1.53. The molecule has 3 heteroatoms. The molecule has 1 N–H and O–H groups in total. The van der Waals surface area contributed by atoms with Gasteiger partial charge in [-0.25, -0.2) is 4.79 Å². The van der Waals surface area contributed by atoms with Crippen molar-refractivity contribution in [3.63, 3.8) is 0 Å². The van der Waals surface area contributed by atoms with E-state index in [0.717, 1.165) is 0 Å². The average Bonchev–Trinajstić information content (AvgIpc) is 1.36. The van der Waals surface area contributed by atoms with Crippen LogP contribution in [0.3, 0.4) is 0 Å². The van der Waals surface area contributed by atoms with Crippen LogP contribution in [0.15, 0.2) is 12.2 Å². The van der Waals surface area contributed by atoms with Crippen molar-refractivity contribution in [2.45, 2.75) is 6.92 Å². The first-order valence-corrected chi connectivity index (χ1v) is 1.53. The summed E-state index contributed by atoms with van der Waals surface area (Å²) in [5.41, 5.74) is 0.176. The number of aliphatic carboxylic acids is 1. The van der Waals surface area contributed by atoms with Crippen molar-refractivity contribution in [2.24, 2.45) is 0 Å². The van der Waals surface area contributed by atoms with E-state index in [1.54, 1.807) is 0 Å². The summed E-state index contributed by atoms with van der Waals surface area (Å²) in [7, 11) is 0. The number of rotatable bonds is 1. The van der Waals surface area contributed by atoms with Gasteiger partial charge in [-0.1, -0.05) is 6.58 Å². The predicted octanol–water partition coefficient (Wildman–Crippen LogP) is 1.09. The van der Waals surface area contributed by atoms with E-state index in [2.05, 4.69) is 6.58 Å². The van der Waals surface area contributed by atoms with E-state index in [0.29, 0.717) is 0 Å². The van der Waals surface area contributed by atoms with Crippen LogP contribution in [0.25, 0.3) is 0 Å². The molecule has 0 aliphatic carbocycles. The quantitative estimate of drug-likeness (QED) is 0.496. The Balaban J connectivity index is -0.000000125. The number of carboxylic acid groups (broad SMARTS) is 1. The Hall–Kier alpha value is 0.314. The number of carbonyl (C=O) groups is 1. The molecule has 0 saturated heterocycles. The summed E-state index contributed by atoms with van der Waals surface area (Å²) in [6.07, 6.45) is 0. The first kappa shape index (κ1) is 15.7. The predicted molar refractivity (Wildman–Crippen MR) is 28.9 cm³/mol. The van der Waals surface area contributed by atoms with Crippen LogP contribution in [-0.2, 0) is 37.5 Å². The van der Waals surface area contributed by atoms with Gasteiger partial charge in [-0.2, -0.15) is 0 Å². The fraction of sp³-hybridized carbons (Fsp3) is 0.200. The van der Waals surface area contributed by atoms with Crippen molar-refractivity contribution in [1.82, 2.24) is 0 Å². The minimum atomic E-state index is -0.935. The third-order valence-corrected chi connectivity index (χ3v) is 0.365. The van der Waals surface area contributed by atoms with Crippen molar-refractivity contribution in [3.05, 3.63) is 19.6 Å². The van der Waals surface area contributed by atoms with E-state index in [4.69, 9.17) is 5.11 Å². The SMILES string of the molecule is C=C(C)C(=O)O.[CH3-].[Y]. The molecule has 0 aliphatic rings. The molecule has 0 spiro atoms. The molecule has 0 fully saturated rings. The summed E-state index contributed by atoms with van der Waals surface area (Å²) in [6.45, 7) is 4.60. The van der Waals surface area contributed by atoms with Gasteiger partial charge in [-0.15, -0.1) is 0 Å². The Morgan fingerprint density at radius 1 is 1.62 bits per heavy atom. The summed E-state index contributed by atoms with van der Waals surface area (Å²) in [6, 6.07) is 0. The number of carboxylic acids is 1. The molecule has 0 amide bonds. The third-order valence-electron chi connectivity index (χ3n) is 0.365. The van der Waals surface area contributed by atoms with E-state index >= 15 is 0 Å². The summed E-state index contributed by atoms with van der Waals surface area (Å²) < 4.78 is 0. The molecule has 0 aromatic carbocycles. The second kappa shape index (κ2) is 7.31. The van der Waals surface area contributed by atoms with Gasteiger partial charge < -0.3 is 12.5 Å². The molecule has 0 bridgehead atoms. The molecule has 0 unspecified atom stereocenters. The van der Waals surface area contributed by atoms with Crippen LogP contribution in [-0.4, -0.2) is 11.1 Å². The average molecular weight is 190 g/mol. The van der Waals surface area contributed by atoms with Gasteiger partial charge in [0.05, 0.1) is 0 Å². The van der Waals surface area contributed by atoms with Gasteiger partial charge in [0.25, 0.3) is 0 Å². The topological polar surface area (TPSA) is 37.3 Å². The Kier molecular flexibility index (Phi) is 14.4. The summed E-state index contributed by atoms with van der Waals surface area (Å²) in [5.74, 6) is -0.935. The first-order chi connectivity index (χ1) is 2.64. The van der Waals surface area contributed by atoms with Crippen LogP contribution in [0.1, 0.15) is 6.92 Å². The maximum Gasteiger partial charge on any atom is 0.330 e. The minimum Gasteiger partial charge on any atom is -0.478 e. The molecule has 0 rings (SSSR count). The molecule has 0 aliphatic heterocycles. The third kappa shape index (κ3) is 9.58. The molecular formula is C5H9O2Y-. The minimum absolute atomic E-state index is 0. The summed E-state index contributed by atoms with van der Waals surface area (Å²) >= 11 is 0. The van der Waals surface area contributed by atoms with E-state index in [-0.39, 0.29) is 45.7 Å². The zero-order valence-corrected chi connectivity index (χ0v) is 7.98. The second-order valence-electron chi connectivity index (χ2n) is 1.09. The van der Waals surface area contributed by atoms with Crippen LogP contribution < -0.4 is 0 Å². The Bertz CT molecular complexity index is 76.4. The van der Waals surface area contributed by atoms with Crippen molar-refractivity contribution >= 4 is 5.97 Å². The zero-order chi connectivity index (χ0) is 5.15. The maximum atomic E-state index is 9.60. The van der Waals surface area contributed by atoms with Crippen molar-refractivity contribution in [2.75, 3.05) is 0 Å². The normalized spacial score (nSPS) is 5.62. The molecule has 45 valence electrons. The fourth-order valence-electron chi connectivity index (χ4n) is 0. The molecule has 0 saturated carbocycles. The van der Waals surface area contributed by atoms with Crippen LogP contribution >= 0.6 is 0 Å². The summed E-state index contributed by atoms with van der Waals surface area (Å²) in [4.78, 5) is 9.60. The van der Waals surface area contributed by atoms with Gasteiger partial charge in [0.2, 0.25) is 0 Å². The van der Waals surface area contributed by atoms with Gasteiger partial charge >= 0.3 is 5.97 Å². The van der Waals surface area contributed by atoms with Crippen molar-refractivity contribution < 1.29 is 42.6 Å². The van der Waals surface area contributed by atoms with Crippen LogP contribution in [0, 0.1) is 7.43 Å². The molecule has 0 aromatic heterocycles. The van der Waals surface area contributed by atoms with E-state index in [9.17, 15) is 4.79 Å². The molecule has 8 heavy (non-hydrogen) atoms. The molecule has 0 heterocycles. The van der Waals surface area contributed by atoms with Gasteiger partial charge in [0.1, 0.15) is 0 Å². The van der Waals surface area contributed by atoms with E-state index < -0.39 is 5.97 Å². The molecule has 0 aromatic rings. The van der Waals surface area contributed by atoms with Crippen LogP contribution in [0.4, 0.5) is 0 Å². The van der Waals surface area contributed by atoms with Crippen LogP contribution in [0.2, 0.25) is 0 Å². The fourth-order valence-corrected chi connectivity index (χ4v) is 0. The van der Waals surface area contributed by atoms with E-state index in [1.165, 1.54) is 6.92 Å². The van der Waals surface area contributed by atoms with Crippen molar-refractivity contribution in [1.29, 1.82) is 0 Å². The molecule has 1 radical (unpaired) electrons. The largest absolute Gasteiger partial charge is 0.478 e. The monoisotopic (exact) mass is 190 g/mol.